The SMILES string of the molecule is CC(C)C(=O)CCC(=O)CCCOc1ccc(Cc2ncc(Br)c(CCCCN(C)C(=O)C3CCC3)n2)cc1. The van der Waals surface area contributed by atoms with Gasteiger partial charge in [0.1, 0.15) is 23.1 Å². The van der Waals surface area contributed by atoms with Crippen LogP contribution in [0, 0.1) is 11.8 Å². The van der Waals surface area contributed by atoms with E-state index in [2.05, 4.69) is 20.9 Å². The van der Waals surface area contributed by atoms with Crippen molar-refractivity contribution in [3.05, 3.63) is 52.0 Å². The van der Waals surface area contributed by atoms with E-state index >= 15 is 0 Å². The molecule has 1 aliphatic carbocycles. The Hall–Kier alpha value is -2.61. The normalized spacial score (nSPS) is 13.3. The second-order valence-electron chi connectivity index (χ2n) is 10.9. The van der Waals surface area contributed by atoms with Gasteiger partial charge in [-0.1, -0.05) is 32.4 Å². The standard InChI is InChI=1S/C31H42BrN3O4/c1-22(2)29(37)17-14-25(36)10-7-19-39-26-15-12-23(13-16-26)20-30-33-21-27(32)28(34-30)11-4-5-18-35(3)31(38)24-8-6-9-24/h12-13,15-16,21-22,24H,4-11,14,17-20H2,1-3H3. The van der Waals surface area contributed by atoms with Gasteiger partial charge >= 0.3 is 0 Å². The summed E-state index contributed by atoms with van der Waals surface area (Å²) in [5.74, 6) is 2.32. The van der Waals surface area contributed by atoms with Crippen molar-refractivity contribution in [1.82, 2.24) is 14.9 Å². The van der Waals surface area contributed by atoms with E-state index < -0.39 is 0 Å². The average molecular weight is 601 g/mol. The zero-order chi connectivity index (χ0) is 28.2. The first-order valence-corrected chi connectivity index (χ1v) is 15.0. The molecule has 1 aromatic carbocycles. The molecule has 1 aliphatic rings. The van der Waals surface area contributed by atoms with Gasteiger partial charge in [0.05, 0.1) is 16.8 Å². The van der Waals surface area contributed by atoms with Crippen LogP contribution in [0.3, 0.4) is 0 Å². The molecule has 0 spiro atoms. The van der Waals surface area contributed by atoms with Crippen molar-refractivity contribution in [2.24, 2.45) is 11.8 Å². The van der Waals surface area contributed by atoms with Crippen molar-refractivity contribution in [2.45, 2.75) is 84.5 Å². The van der Waals surface area contributed by atoms with Gasteiger partial charge in [0.25, 0.3) is 0 Å². The quantitative estimate of drug-likeness (QED) is 0.203. The lowest BCUT2D eigenvalue weighted by atomic mass is 9.84. The molecule has 2 aromatic rings. The number of nitrogens with zero attached hydrogens (tertiary/aromatic N) is 3. The van der Waals surface area contributed by atoms with Crippen LogP contribution in [0.15, 0.2) is 34.9 Å². The van der Waals surface area contributed by atoms with E-state index in [1.807, 2.05) is 56.3 Å². The molecule has 1 aromatic heterocycles. The molecule has 0 unspecified atom stereocenters. The van der Waals surface area contributed by atoms with E-state index in [9.17, 15) is 14.4 Å². The third-order valence-corrected chi connectivity index (χ3v) is 7.97. The van der Waals surface area contributed by atoms with Crippen molar-refractivity contribution in [3.8, 4) is 5.75 Å². The van der Waals surface area contributed by atoms with Gasteiger partial charge < -0.3 is 9.64 Å². The summed E-state index contributed by atoms with van der Waals surface area (Å²) in [5.41, 5.74) is 2.09. The van der Waals surface area contributed by atoms with Gasteiger partial charge in [-0.3, -0.25) is 14.4 Å². The summed E-state index contributed by atoms with van der Waals surface area (Å²) in [5, 5.41) is 0. The van der Waals surface area contributed by atoms with Crippen LogP contribution in [0.1, 0.15) is 88.7 Å². The number of rotatable bonds is 17. The molecule has 0 aliphatic heterocycles. The highest BCUT2D eigenvalue weighted by molar-refractivity contribution is 9.10. The second-order valence-corrected chi connectivity index (χ2v) is 11.7. The summed E-state index contributed by atoms with van der Waals surface area (Å²) in [7, 11) is 1.91. The third-order valence-electron chi connectivity index (χ3n) is 7.30. The number of ether oxygens (including phenoxy) is 1. The van der Waals surface area contributed by atoms with Gasteiger partial charge in [0, 0.05) is 57.3 Å². The maximum Gasteiger partial charge on any atom is 0.225 e. The molecule has 0 atom stereocenters. The lowest BCUT2D eigenvalue weighted by Crippen LogP contribution is -2.36. The Bertz CT molecular complexity index is 1100. The maximum absolute atomic E-state index is 12.3. The summed E-state index contributed by atoms with van der Waals surface area (Å²) in [6, 6.07) is 7.88. The van der Waals surface area contributed by atoms with Crippen LogP contribution in [0.4, 0.5) is 0 Å². The lowest BCUT2D eigenvalue weighted by molar-refractivity contribution is -0.136. The molecular formula is C31H42BrN3O4. The van der Waals surface area contributed by atoms with E-state index in [-0.39, 0.29) is 23.4 Å². The van der Waals surface area contributed by atoms with Gasteiger partial charge in [0.15, 0.2) is 0 Å². The fraction of sp³-hybridized carbons (Fsp3) is 0.581. The molecule has 0 bridgehead atoms. The molecule has 0 N–H and O–H groups in total. The first-order valence-electron chi connectivity index (χ1n) is 14.2. The van der Waals surface area contributed by atoms with Crippen LogP contribution in [0.25, 0.3) is 0 Å². The molecule has 39 heavy (non-hydrogen) atoms. The van der Waals surface area contributed by atoms with Crippen molar-refractivity contribution in [2.75, 3.05) is 20.2 Å². The first kappa shape index (κ1) is 30.9. The molecule has 3 rings (SSSR count). The Labute approximate surface area is 241 Å². The Balaban J connectivity index is 1.37. The number of ketones is 2. The number of hydrogen-bond donors (Lipinski definition) is 0. The minimum atomic E-state index is -0.0150. The Morgan fingerprint density at radius 2 is 1.79 bits per heavy atom. The Morgan fingerprint density at radius 1 is 1.05 bits per heavy atom. The monoisotopic (exact) mass is 599 g/mol. The summed E-state index contributed by atoms with van der Waals surface area (Å²) in [6.07, 6.45) is 10.2. The zero-order valence-corrected chi connectivity index (χ0v) is 25.2. The number of carbonyl (C=O) groups is 3. The van der Waals surface area contributed by atoms with Crippen LogP contribution < -0.4 is 4.74 Å². The first-order chi connectivity index (χ1) is 18.7. The Kier molecular flexibility index (Phi) is 12.6. The highest BCUT2D eigenvalue weighted by Gasteiger charge is 2.27. The summed E-state index contributed by atoms with van der Waals surface area (Å²) in [4.78, 5) is 47.1. The van der Waals surface area contributed by atoms with E-state index in [4.69, 9.17) is 9.72 Å². The summed E-state index contributed by atoms with van der Waals surface area (Å²) >= 11 is 3.58. The third kappa shape index (κ3) is 10.5. The smallest absolute Gasteiger partial charge is 0.225 e. The number of aromatic nitrogens is 2. The van der Waals surface area contributed by atoms with Crippen LogP contribution >= 0.6 is 15.9 Å². The molecule has 0 radical (unpaired) electrons. The average Bonchev–Trinajstić information content (AvgIpc) is 2.89. The number of Topliss-reactive ketones (excluding diaryl/α,β-unsaturated/α-hetero) is 2. The molecule has 7 nitrogen and oxygen atoms in total. The fourth-order valence-electron chi connectivity index (χ4n) is 4.44. The van der Waals surface area contributed by atoms with Gasteiger partial charge in [0.2, 0.25) is 5.91 Å². The zero-order valence-electron chi connectivity index (χ0n) is 23.6. The predicted molar refractivity (Wildman–Crippen MR) is 156 cm³/mol. The number of hydrogen-bond acceptors (Lipinski definition) is 6. The number of carbonyl (C=O) groups excluding carboxylic acids is 3. The van der Waals surface area contributed by atoms with Crippen molar-refractivity contribution < 1.29 is 19.1 Å². The minimum absolute atomic E-state index is 0.0150. The molecule has 1 saturated carbocycles. The number of aryl methyl sites for hydroxylation is 1. The molecule has 1 heterocycles. The van der Waals surface area contributed by atoms with Gasteiger partial charge in [-0.25, -0.2) is 9.97 Å². The lowest BCUT2D eigenvalue weighted by Gasteiger charge is -2.29. The minimum Gasteiger partial charge on any atom is -0.494 e. The largest absolute Gasteiger partial charge is 0.494 e. The number of benzene rings is 1. The number of unbranched alkanes of at least 4 members (excludes halogenated alkanes) is 1. The maximum atomic E-state index is 12.3. The van der Waals surface area contributed by atoms with Crippen LogP contribution in [-0.2, 0) is 27.2 Å². The Morgan fingerprint density at radius 3 is 2.46 bits per heavy atom. The van der Waals surface area contributed by atoms with E-state index in [1.54, 1.807) is 0 Å². The van der Waals surface area contributed by atoms with Crippen molar-refractivity contribution in [1.29, 1.82) is 0 Å². The molecule has 8 heteroatoms. The van der Waals surface area contributed by atoms with E-state index in [0.717, 1.165) is 66.0 Å². The van der Waals surface area contributed by atoms with Crippen LogP contribution in [-0.4, -0.2) is 52.5 Å². The highest BCUT2D eigenvalue weighted by atomic mass is 79.9. The summed E-state index contributed by atoms with van der Waals surface area (Å²) in [6.45, 7) is 4.97. The van der Waals surface area contributed by atoms with Crippen molar-refractivity contribution in [3.63, 3.8) is 0 Å². The second kappa shape index (κ2) is 15.8. The topological polar surface area (TPSA) is 89.5 Å². The van der Waals surface area contributed by atoms with Crippen molar-refractivity contribution >= 4 is 33.4 Å². The molecule has 1 amide bonds. The number of halogens is 1. The van der Waals surface area contributed by atoms with Gasteiger partial charge in [-0.2, -0.15) is 0 Å². The molecule has 1 fully saturated rings. The van der Waals surface area contributed by atoms with Crippen LogP contribution in [0.2, 0.25) is 0 Å². The van der Waals surface area contributed by atoms with Gasteiger partial charge in [-0.05, 0) is 72.2 Å². The van der Waals surface area contributed by atoms with E-state index in [1.165, 1.54) is 6.42 Å². The predicted octanol–water partition coefficient (Wildman–Crippen LogP) is 6.14. The highest BCUT2D eigenvalue weighted by Crippen LogP contribution is 2.28. The number of amides is 1. The molecule has 212 valence electrons. The fourth-order valence-corrected chi connectivity index (χ4v) is 4.83. The van der Waals surface area contributed by atoms with Gasteiger partial charge in [-0.15, -0.1) is 0 Å². The van der Waals surface area contributed by atoms with Crippen LogP contribution in [0.5, 0.6) is 5.75 Å². The molecule has 0 saturated heterocycles. The molecular weight excluding hydrogens is 558 g/mol. The van der Waals surface area contributed by atoms with E-state index in [0.29, 0.717) is 44.6 Å². The summed E-state index contributed by atoms with van der Waals surface area (Å²) < 4.78 is 6.70.